The summed E-state index contributed by atoms with van der Waals surface area (Å²) in [5.74, 6) is 0. The lowest BCUT2D eigenvalue weighted by atomic mass is 9.94. The summed E-state index contributed by atoms with van der Waals surface area (Å²) in [6.07, 6.45) is 2.88. The van der Waals surface area contributed by atoms with Crippen molar-refractivity contribution in [2.45, 2.75) is 0 Å². The highest BCUT2D eigenvalue weighted by atomic mass is 16.5. The first-order valence-electron chi connectivity index (χ1n) is 8.85. The summed E-state index contributed by atoms with van der Waals surface area (Å²) in [6.45, 7) is 0. The number of benzene rings is 5. The maximum Gasteiger partial charge on any atom is 0.144 e. The lowest BCUT2D eigenvalue weighted by Gasteiger charge is -2.09. The first-order valence-corrected chi connectivity index (χ1v) is 8.85. The molecule has 0 N–H and O–H groups in total. The molecule has 0 radical (unpaired) electrons. The Labute approximate surface area is 155 Å². The van der Waals surface area contributed by atoms with E-state index in [1.807, 2.05) is 0 Å². The van der Waals surface area contributed by atoms with E-state index < -0.39 is 0 Å². The summed E-state index contributed by atoms with van der Waals surface area (Å²) in [5.41, 5.74) is 0. The average Bonchev–Trinajstić information content (AvgIpc) is 3.33. The lowest BCUT2D eigenvalue weighted by Crippen LogP contribution is -1.82. The molecule has 0 bridgehead atoms. The van der Waals surface area contributed by atoms with Crippen molar-refractivity contribution in [2.24, 2.45) is 0 Å². The zero-order valence-corrected chi connectivity index (χ0v) is 14.5. The second kappa shape index (κ2) is 6.54. The third kappa shape index (κ3) is 2.70. The maximum atomic E-state index is 4.22. The molecule has 0 spiro atoms. The standard InChI is InChI=1S/C22H14.C2H2N2O/c1-3-7-17-15(5-1)9-11-21-19(17)13-14-20-18-8-4-2-6-16(18)10-12-22(20)21;1-2-5-4-3-1/h1-14H;1-2H. The molecule has 0 aliphatic carbocycles. The van der Waals surface area contributed by atoms with Gasteiger partial charge in [0.1, 0.15) is 6.26 Å². The second-order valence-electron chi connectivity index (χ2n) is 6.42. The smallest absolute Gasteiger partial charge is 0.144 e. The first-order chi connectivity index (χ1) is 13.4. The van der Waals surface area contributed by atoms with E-state index >= 15 is 0 Å². The highest BCUT2D eigenvalue weighted by Gasteiger charge is 2.06. The van der Waals surface area contributed by atoms with E-state index in [0.717, 1.165) is 0 Å². The minimum atomic E-state index is 1.30. The third-order valence-electron chi connectivity index (χ3n) is 4.93. The molecule has 0 saturated carbocycles. The molecular formula is C24H16N2O. The van der Waals surface area contributed by atoms with Crippen LogP contribution in [0.5, 0.6) is 0 Å². The Balaban J connectivity index is 0.000000280. The van der Waals surface area contributed by atoms with Crippen LogP contribution in [0.15, 0.2) is 102 Å². The van der Waals surface area contributed by atoms with Crippen molar-refractivity contribution in [1.82, 2.24) is 10.4 Å². The van der Waals surface area contributed by atoms with Crippen molar-refractivity contribution in [3.8, 4) is 0 Å². The van der Waals surface area contributed by atoms with Crippen LogP contribution in [-0.4, -0.2) is 10.4 Å². The number of rotatable bonds is 0. The lowest BCUT2D eigenvalue weighted by molar-refractivity contribution is 0.393. The van der Waals surface area contributed by atoms with Gasteiger partial charge < -0.3 is 4.52 Å². The van der Waals surface area contributed by atoms with E-state index in [2.05, 4.69) is 99.8 Å². The molecule has 6 aromatic rings. The monoisotopic (exact) mass is 348 g/mol. The molecule has 128 valence electrons. The van der Waals surface area contributed by atoms with Gasteiger partial charge in [0.25, 0.3) is 0 Å². The van der Waals surface area contributed by atoms with E-state index in [9.17, 15) is 0 Å². The Morgan fingerprint density at radius 3 is 1.41 bits per heavy atom. The normalized spacial score (nSPS) is 11.0. The minimum Gasteiger partial charge on any atom is -0.346 e. The van der Waals surface area contributed by atoms with Crippen LogP contribution in [0.3, 0.4) is 0 Å². The molecular weight excluding hydrogens is 332 g/mol. The quantitative estimate of drug-likeness (QED) is 0.299. The minimum absolute atomic E-state index is 1.30. The Hall–Kier alpha value is -3.72. The third-order valence-corrected chi connectivity index (χ3v) is 4.93. The fraction of sp³-hybridized carbons (Fsp3) is 0. The predicted molar refractivity (Wildman–Crippen MR) is 111 cm³/mol. The molecule has 0 aliphatic heterocycles. The molecule has 27 heavy (non-hydrogen) atoms. The molecule has 5 aromatic carbocycles. The largest absolute Gasteiger partial charge is 0.346 e. The molecule has 1 aromatic heterocycles. The Morgan fingerprint density at radius 2 is 0.963 bits per heavy atom. The highest BCUT2D eigenvalue weighted by Crippen LogP contribution is 2.34. The Kier molecular flexibility index (Phi) is 3.76. The van der Waals surface area contributed by atoms with Crippen molar-refractivity contribution in [3.63, 3.8) is 0 Å². The van der Waals surface area contributed by atoms with E-state index in [0.29, 0.717) is 0 Å². The van der Waals surface area contributed by atoms with Crippen LogP contribution in [0.25, 0.3) is 43.1 Å². The summed E-state index contributed by atoms with van der Waals surface area (Å²) in [4.78, 5) is 0. The van der Waals surface area contributed by atoms with Crippen molar-refractivity contribution < 1.29 is 4.52 Å². The van der Waals surface area contributed by atoms with Crippen LogP contribution in [0, 0.1) is 0 Å². The van der Waals surface area contributed by atoms with Crippen LogP contribution in [0.4, 0.5) is 0 Å². The van der Waals surface area contributed by atoms with Gasteiger partial charge in [-0.25, -0.2) is 0 Å². The summed E-state index contributed by atoms with van der Waals surface area (Å²) in [6, 6.07) is 30.7. The molecule has 3 heteroatoms. The summed E-state index contributed by atoms with van der Waals surface area (Å²) in [7, 11) is 0. The molecule has 3 nitrogen and oxygen atoms in total. The Bertz CT molecular complexity index is 1260. The van der Waals surface area contributed by atoms with Crippen LogP contribution in [0.2, 0.25) is 0 Å². The number of nitrogens with zero attached hydrogens (tertiary/aromatic N) is 2. The van der Waals surface area contributed by atoms with Crippen molar-refractivity contribution in [3.05, 3.63) is 97.4 Å². The van der Waals surface area contributed by atoms with Gasteiger partial charge in [-0.2, -0.15) is 0 Å². The van der Waals surface area contributed by atoms with Gasteiger partial charge in [0.05, 0.1) is 6.20 Å². The van der Waals surface area contributed by atoms with E-state index in [4.69, 9.17) is 0 Å². The highest BCUT2D eigenvalue weighted by molar-refractivity contribution is 6.22. The molecule has 0 saturated heterocycles. The topological polar surface area (TPSA) is 38.9 Å². The summed E-state index contributed by atoms with van der Waals surface area (Å²) >= 11 is 0. The number of fused-ring (bicyclic) bond motifs is 7. The SMILES string of the molecule is c1ccc2c(c1)ccc1c2ccc2c3ccccc3ccc21.c1conn1. The zero-order valence-electron chi connectivity index (χ0n) is 14.5. The van der Waals surface area contributed by atoms with Gasteiger partial charge >= 0.3 is 0 Å². The van der Waals surface area contributed by atoms with Crippen LogP contribution >= 0.6 is 0 Å². The van der Waals surface area contributed by atoms with Crippen LogP contribution in [0.1, 0.15) is 0 Å². The van der Waals surface area contributed by atoms with Gasteiger partial charge in [-0.15, -0.1) is 5.10 Å². The van der Waals surface area contributed by atoms with E-state index in [1.54, 1.807) is 0 Å². The fourth-order valence-electron chi connectivity index (χ4n) is 3.72. The molecule has 6 rings (SSSR count). The van der Waals surface area contributed by atoms with Crippen molar-refractivity contribution >= 4 is 43.1 Å². The summed E-state index contributed by atoms with van der Waals surface area (Å²) in [5, 5.41) is 17.0. The number of aromatic nitrogens is 2. The maximum absolute atomic E-state index is 4.22. The predicted octanol–water partition coefficient (Wildman–Crippen LogP) is 6.37. The van der Waals surface area contributed by atoms with Gasteiger partial charge in [-0.1, -0.05) is 84.9 Å². The average molecular weight is 348 g/mol. The first kappa shape index (κ1) is 15.5. The van der Waals surface area contributed by atoms with Crippen molar-refractivity contribution in [2.75, 3.05) is 0 Å². The van der Waals surface area contributed by atoms with Gasteiger partial charge in [-0.3, -0.25) is 0 Å². The zero-order chi connectivity index (χ0) is 18.1. The molecule has 0 unspecified atom stereocenters. The molecule has 0 atom stereocenters. The summed E-state index contributed by atoms with van der Waals surface area (Å²) < 4.78 is 4.22. The second-order valence-corrected chi connectivity index (χ2v) is 6.42. The van der Waals surface area contributed by atoms with Crippen molar-refractivity contribution in [1.29, 1.82) is 0 Å². The van der Waals surface area contributed by atoms with Gasteiger partial charge in [0, 0.05) is 5.27 Å². The number of hydrogen-bond acceptors (Lipinski definition) is 3. The Morgan fingerprint density at radius 1 is 0.481 bits per heavy atom. The number of hydrogen-bond donors (Lipinski definition) is 0. The van der Waals surface area contributed by atoms with Gasteiger partial charge in [0.15, 0.2) is 0 Å². The molecule has 0 fully saturated rings. The van der Waals surface area contributed by atoms with Crippen LogP contribution in [-0.2, 0) is 0 Å². The molecule has 0 aliphatic rings. The molecule has 0 amide bonds. The van der Waals surface area contributed by atoms with E-state index in [-0.39, 0.29) is 0 Å². The molecule has 1 heterocycles. The van der Waals surface area contributed by atoms with Crippen LogP contribution < -0.4 is 0 Å². The fourth-order valence-corrected chi connectivity index (χ4v) is 3.72. The van der Waals surface area contributed by atoms with Gasteiger partial charge in [-0.05, 0) is 43.1 Å². The van der Waals surface area contributed by atoms with Gasteiger partial charge in [0.2, 0.25) is 0 Å². The van der Waals surface area contributed by atoms with E-state index in [1.165, 1.54) is 55.5 Å².